The quantitative estimate of drug-likeness (QED) is 0.754. The molecule has 1 aromatic heterocycles. The maximum absolute atomic E-state index is 13.2. The van der Waals surface area contributed by atoms with E-state index in [9.17, 15) is 9.18 Å². The Balaban J connectivity index is 0.00000176. The van der Waals surface area contributed by atoms with Gasteiger partial charge in [0.25, 0.3) is 5.91 Å². The van der Waals surface area contributed by atoms with Gasteiger partial charge in [-0.25, -0.2) is 4.39 Å². The molecule has 3 N–H and O–H groups in total. The lowest BCUT2D eigenvalue weighted by Crippen LogP contribution is -2.28. The average molecular weight is 390 g/mol. The number of hydrogen-bond donors (Lipinski definition) is 3. The van der Waals surface area contributed by atoms with Gasteiger partial charge in [-0.05, 0) is 23.8 Å². The van der Waals surface area contributed by atoms with Crippen molar-refractivity contribution in [1.29, 1.82) is 0 Å². The molecule has 22 heavy (non-hydrogen) atoms. The van der Waals surface area contributed by atoms with Crippen LogP contribution in [0, 0.1) is 5.82 Å². The van der Waals surface area contributed by atoms with Crippen LogP contribution in [0.15, 0.2) is 22.7 Å². The summed E-state index contributed by atoms with van der Waals surface area (Å²) in [4.78, 5) is 12.2. The number of carbonyl (C=O) groups excluding carboxylic acids is 1. The number of nitrogens with one attached hydrogen (secondary N) is 3. The zero-order valence-corrected chi connectivity index (χ0v) is 14.0. The number of aromatic nitrogens is 2. The Labute approximate surface area is 141 Å². The summed E-state index contributed by atoms with van der Waals surface area (Å²) in [5.41, 5.74) is 3.01. The number of hydrogen-bond acceptors (Lipinski definition) is 3. The molecule has 1 amide bonds. The number of carbonyl (C=O) groups is 1. The van der Waals surface area contributed by atoms with E-state index in [4.69, 9.17) is 0 Å². The molecule has 0 saturated carbocycles. The zero-order chi connectivity index (χ0) is 14.8. The van der Waals surface area contributed by atoms with Crippen LogP contribution in [0.3, 0.4) is 0 Å². The molecule has 0 atom stereocenters. The van der Waals surface area contributed by atoms with Gasteiger partial charge in [0.15, 0.2) is 5.69 Å². The molecular formula is C14H15BrClFN4O. The maximum Gasteiger partial charge on any atom is 0.272 e. The summed E-state index contributed by atoms with van der Waals surface area (Å²) in [6.07, 6.45) is 0.838. The van der Waals surface area contributed by atoms with E-state index in [2.05, 4.69) is 36.8 Å². The zero-order valence-electron chi connectivity index (χ0n) is 11.6. The maximum atomic E-state index is 13.2. The number of rotatable bonds is 3. The van der Waals surface area contributed by atoms with Crippen molar-refractivity contribution in [3.05, 3.63) is 51.0 Å². The molecule has 0 unspecified atom stereocenters. The van der Waals surface area contributed by atoms with Crippen LogP contribution in [-0.4, -0.2) is 22.6 Å². The number of H-pyrrole nitrogens is 1. The molecule has 3 rings (SSSR count). The number of aromatic amines is 1. The van der Waals surface area contributed by atoms with Gasteiger partial charge in [-0.3, -0.25) is 9.89 Å². The first-order chi connectivity index (χ1) is 10.1. The minimum Gasteiger partial charge on any atom is -0.347 e. The summed E-state index contributed by atoms with van der Waals surface area (Å²) in [5.74, 6) is -0.587. The lowest BCUT2D eigenvalue weighted by molar-refractivity contribution is 0.0944. The topological polar surface area (TPSA) is 69.8 Å². The van der Waals surface area contributed by atoms with Gasteiger partial charge in [0.1, 0.15) is 5.82 Å². The van der Waals surface area contributed by atoms with Crippen LogP contribution >= 0.6 is 28.3 Å². The van der Waals surface area contributed by atoms with Crippen molar-refractivity contribution < 1.29 is 9.18 Å². The van der Waals surface area contributed by atoms with E-state index in [-0.39, 0.29) is 30.7 Å². The third-order valence-corrected chi connectivity index (χ3v) is 4.24. The first kappa shape index (κ1) is 16.9. The fourth-order valence-corrected chi connectivity index (χ4v) is 2.74. The van der Waals surface area contributed by atoms with E-state index in [1.807, 2.05) is 0 Å². The fourth-order valence-electron chi connectivity index (χ4n) is 2.35. The summed E-state index contributed by atoms with van der Waals surface area (Å²) >= 11 is 3.34. The molecule has 118 valence electrons. The predicted octanol–water partition coefficient (Wildman–Crippen LogP) is 2.31. The second-order valence-electron chi connectivity index (χ2n) is 4.87. The molecule has 1 aromatic carbocycles. The Kier molecular flexibility index (Phi) is 5.55. The molecule has 0 aliphatic carbocycles. The summed E-state index contributed by atoms with van der Waals surface area (Å²) in [5, 5.41) is 13.0. The van der Waals surface area contributed by atoms with Gasteiger partial charge < -0.3 is 10.6 Å². The van der Waals surface area contributed by atoms with Crippen LogP contribution in [0.5, 0.6) is 0 Å². The van der Waals surface area contributed by atoms with Crippen molar-refractivity contribution in [3.8, 4) is 0 Å². The summed E-state index contributed by atoms with van der Waals surface area (Å²) in [7, 11) is 0. The number of amides is 1. The molecule has 8 heteroatoms. The van der Waals surface area contributed by atoms with Crippen LogP contribution in [0.25, 0.3) is 0 Å². The third-order valence-electron chi connectivity index (χ3n) is 3.47. The van der Waals surface area contributed by atoms with Crippen LogP contribution in [0.4, 0.5) is 4.39 Å². The summed E-state index contributed by atoms with van der Waals surface area (Å²) in [6.45, 7) is 1.76. The predicted molar refractivity (Wildman–Crippen MR) is 86.5 cm³/mol. The lowest BCUT2D eigenvalue weighted by atomic mass is 10.1. The van der Waals surface area contributed by atoms with Crippen molar-refractivity contribution in [2.24, 2.45) is 0 Å². The largest absolute Gasteiger partial charge is 0.347 e. The van der Waals surface area contributed by atoms with Crippen molar-refractivity contribution in [1.82, 2.24) is 20.8 Å². The molecule has 0 saturated heterocycles. The molecule has 0 spiro atoms. The van der Waals surface area contributed by atoms with Crippen molar-refractivity contribution in [3.63, 3.8) is 0 Å². The molecular weight excluding hydrogens is 375 g/mol. The number of nitrogens with zero attached hydrogens (tertiary/aromatic N) is 1. The lowest BCUT2D eigenvalue weighted by Gasteiger charge is -2.13. The van der Waals surface area contributed by atoms with Gasteiger partial charge in [-0.1, -0.05) is 15.9 Å². The molecule has 1 aliphatic heterocycles. The van der Waals surface area contributed by atoms with Crippen LogP contribution in [-0.2, 0) is 19.5 Å². The van der Waals surface area contributed by atoms with Gasteiger partial charge in [-0.2, -0.15) is 5.10 Å². The second-order valence-corrected chi connectivity index (χ2v) is 5.73. The monoisotopic (exact) mass is 388 g/mol. The first-order valence-corrected chi connectivity index (χ1v) is 7.43. The Morgan fingerprint density at radius 3 is 3.09 bits per heavy atom. The first-order valence-electron chi connectivity index (χ1n) is 6.64. The number of fused-ring (bicyclic) bond motifs is 1. The van der Waals surface area contributed by atoms with Crippen molar-refractivity contribution >= 4 is 34.2 Å². The SMILES string of the molecule is Cl.O=C(NCc1cc(F)ccc1Br)c1n[nH]c2c1CNCC2. The molecule has 2 heterocycles. The van der Waals surface area contributed by atoms with Gasteiger partial charge in [0, 0.05) is 41.8 Å². The number of halogens is 3. The van der Waals surface area contributed by atoms with Crippen LogP contribution in [0.1, 0.15) is 27.3 Å². The molecule has 5 nitrogen and oxygen atoms in total. The highest BCUT2D eigenvalue weighted by atomic mass is 79.9. The standard InChI is InChI=1S/C14H14BrFN4O.ClH/c15-11-2-1-9(16)5-8(11)6-18-14(21)13-10-7-17-4-3-12(10)19-20-13;/h1-2,5,17H,3-4,6-7H2,(H,18,21)(H,19,20);1H. The molecule has 0 radical (unpaired) electrons. The molecule has 0 fully saturated rings. The normalized spacial score (nSPS) is 13.2. The highest BCUT2D eigenvalue weighted by Crippen LogP contribution is 2.18. The van der Waals surface area contributed by atoms with Crippen molar-refractivity contribution in [2.75, 3.05) is 6.54 Å². The summed E-state index contributed by atoms with van der Waals surface area (Å²) in [6, 6.07) is 4.38. The summed E-state index contributed by atoms with van der Waals surface area (Å²) < 4.78 is 14.0. The van der Waals surface area contributed by atoms with Crippen LogP contribution < -0.4 is 10.6 Å². The number of benzene rings is 1. The molecule has 2 aromatic rings. The molecule has 0 bridgehead atoms. The third kappa shape index (κ3) is 3.48. The average Bonchev–Trinajstić information content (AvgIpc) is 2.92. The van der Waals surface area contributed by atoms with Crippen LogP contribution in [0.2, 0.25) is 0 Å². The van der Waals surface area contributed by atoms with Gasteiger partial charge in [0.2, 0.25) is 0 Å². The highest BCUT2D eigenvalue weighted by Gasteiger charge is 2.21. The second kappa shape index (κ2) is 7.21. The Morgan fingerprint density at radius 2 is 2.27 bits per heavy atom. The van der Waals surface area contributed by atoms with E-state index in [0.717, 1.165) is 28.7 Å². The van der Waals surface area contributed by atoms with Gasteiger partial charge >= 0.3 is 0 Å². The minimum absolute atomic E-state index is 0. The smallest absolute Gasteiger partial charge is 0.272 e. The van der Waals surface area contributed by atoms with Crippen molar-refractivity contribution in [2.45, 2.75) is 19.5 Å². The molecule has 1 aliphatic rings. The fraction of sp³-hybridized carbons (Fsp3) is 0.286. The Morgan fingerprint density at radius 1 is 1.45 bits per heavy atom. The van der Waals surface area contributed by atoms with E-state index >= 15 is 0 Å². The minimum atomic E-state index is -0.330. The Bertz CT molecular complexity index is 691. The Hall–Kier alpha value is -1.44. The van der Waals surface area contributed by atoms with E-state index in [1.54, 1.807) is 6.07 Å². The van der Waals surface area contributed by atoms with E-state index in [1.165, 1.54) is 12.1 Å². The van der Waals surface area contributed by atoms with Gasteiger partial charge in [-0.15, -0.1) is 12.4 Å². The van der Waals surface area contributed by atoms with E-state index in [0.29, 0.717) is 17.8 Å². The van der Waals surface area contributed by atoms with E-state index < -0.39 is 0 Å². The van der Waals surface area contributed by atoms with Gasteiger partial charge in [0.05, 0.1) is 0 Å². The highest BCUT2D eigenvalue weighted by molar-refractivity contribution is 9.10.